The van der Waals surface area contributed by atoms with E-state index in [-0.39, 0.29) is 17.8 Å². The van der Waals surface area contributed by atoms with E-state index in [1.165, 1.54) is 24.3 Å². The average Bonchev–Trinajstić information content (AvgIpc) is 2.70. The third-order valence-corrected chi connectivity index (χ3v) is 4.52. The molecule has 0 radical (unpaired) electrons. The van der Waals surface area contributed by atoms with Crippen molar-refractivity contribution in [3.63, 3.8) is 0 Å². The molecule has 5 heteroatoms. The molecule has 4 nitrogen and oxygen atoms in total. The first kappa shape index (κ1) is 17.0. The summed E-state index contributed by atoms with van der Waals surface area (Å²) in [5, 5.41) is 2.72. The Morgan fingerprint density at radius 1 is 1.00 bits per heavy atom. The SMILES string of the molecule is O=C(Nc1ccc(F)cc1)c1ccc2c(c1)CC(c1ccccc1)OC2=O. The number of carbonyl (C=O) groups is 2. The Labute approximate surface area is 155 Å². The molecule has 1 aliphatic rings. The predicted molar refractivity (Wildman–Crippen MR) is 99.1 cm³/mol. The number of esters is 1. The van der Waals surface area contributed by atoms with Gasteiger partial charge in [-0.05, 0) is 53.6 Å². The highest BCUT2D eigenvalue weighted by molar-refractivity contribution is 6.05. The Bertz CT molecular complexity index is 1000. The van der Waals surface area contributed by atoms with Crippen molar-refractivity contribution in [2.75, 3.05) is 5.32 Å². The van der Waals surface area contributed by atoms with Crippen LogP contribution in [0, 0.1) is 5.82 Å². The van der Waals surface area contributed by atoms with Crippen LogP contribution < -0.4 is 5.32 Å². The maximum absolute atomic E-state index is 13.0. The molecule has 4 rings (SSSR count). The number of cyclic esters (lactones) is 1. The normalized spacial score (nSPS) is 15.6. The molecule has 1 aliphatic heterocycles. The standard InChI is InChI=1S/C22H16FNO3/c23-17-7-9-18(10-8-17)24-21(25)15-6-11-19-16(12-15)13-20(27-22(19)26)14-4-2-1-3-5-14/h1-12,20H,13H2,(H,24,25). The first-order valence-corrected chi connectivity index (χ1v) is 8.56. The van der Waals surface area contributed by atoms with Crippen LogP contribution in [0.2, 0.25) is 0 Å². The number of anilines is 1. The molecule has 1 amide bonds. The molecular weight excluding hydrogens is 345 g/mol. The van der Waals surface area contributed by atoms with Gasteiger partial charge in [0.1, 0.15) is 11.9 Å². The highest BCUT2D eigenvalue weighted by atomic mass is 19.1. The summed E-state index contributed by atoms with van der Waals surface area (Å²) in [4.78, 5) is 24.8. The van der Waals surface area contributed by atoms with E-state index in [4.69, 9.17) is 4.74 Å². The van der Waals surface area contributed by atoms with Crippen LogP contribution in [0.4, 0.5) is 10.1 Å². The highest BCUT2D eigenvalue weighted by Gasteiger charge is 2.28. The lowest BCUT2D eigenvalue weighted by molar-refractivity contribution is 0.0252. The van der Waals surface area contributed by atoms with Gasteiger partial charge in [-0.15, -0.1) is 0 Å². The number of halogens is 1. The monoisotopic (exact) mass is 361 g/mol. The molecule has 27 heavy (non-hydrogen) atoms. The number of ether oxygens (including phenoxy) is 1. The topological polar surface area (TPSA) is 55.4 Å². The van der Waals surface area contributed by atoms with Gasteiger partial charge in [0.05, 0.1) is 5.56 Å². The van der Waals surface area contributed by atoms with E-state index in [1.54, 1.807) is 18.2 Å². The molecule has 0 spiro atoms. The lowest BCUT2D eigenvalue weighted by atomic mass is 9.93. The van der Waals surface area contributed by atoms with Crippen LogP contribution in [0.15, 0.2) is 72.8 Å². The number of benzene rings is 3. The summed E-state index contributed by atoms with van der Waals surface area (Å²) in [6.07, 6.45) is 0.129. The number of fused-ring (bicyclic) bond motifs is 1. The molecule has 0 bridgehead atoms. The van der Waals surface area contributed by atoms with Gasteiger partial charge in [0.25, 0.3) is 5.91 Å². The summed E-state index contributed by atoms with van der Waals surface area (Å²) in [6.45, 7) is 0. The van der Waals surface area contributed by atoms with Crippen molar-refractivity contribution < 1.29 is 18.7 Å². The molecule has 0 saturated carbocycles. The van der Waals surface area contributed by atoms with Gasteiger partial charge in [-0.1, -0.05) is 30.3 Å². The molecule has 134 valence electrons. The Kier molecular flexibility index (Phi) is 4.42. The fourth-order valence-corrected chi connectivity index (χ4v) is 3.13. The van der Waals surface area contributed by atoms with Crippen LogP contribution in [0.3, 0.4) is 0 Å². The van der Waals surface area contributed by atoms with Gasteiger partial charge in [-0.25, -0.2) is 9.18 Å². The van der Waals surface area contributed by atoms with Gasteiger partial charge < -0.3 is 10.1 Å². The van der Waals surface area contributed by atoms with Gasteiger partial charge in [0.2, 0.25) is 0 Å². The second-order valence-electron chi connectivity index (χ2n) is 6.34. The predicted octanol–water partition coefficient (Wildman–Crippen LogP) is 4.53. The third-order valence-electron chi connectivity index (χ3n) is 4.52. The number of carbonyl (C=O) groups excluding carboxylic acids is 2. The summed E-state index contributed by atoms with van der Waals surface area (Å²) in [5.74, 6) is -1.08. The number of hydrogen-bond donors (Lipinski definition) is 1. The van der Waals surface area contributed by atoms with Crippen molar-refractivity contribution in [2.24, 2.45) is 0 Å². The number of hydrogen-bond acceptors (Lipinski definition) is 3. The molecule has 0 aliphatic carbocycles. The Morgan fingerprint density at radius 2 is 1.74 bits per heavy atom. The minimum Gasteiger partial charge on any atom is -0.454 e. The van der Waals surface area contributed by atoms with Crippen molar-refractivity contribution in [3.05, 3.63) is 101 Å². The van der Waals surface area contributed by atoms with Gasteiger partial charge >= 0.3 is 5.97 Å². The summed E-state index contributed by atoms with van der Waals surface area (Å²) >= 11 is 0. The highest BCUT2D eigenvalue weighted by Crippen LogP contribution is 2.31. The van der Waals surface area contributed by atoms with Crippen LogP contribution in [-0.4, -0.2) is 11.9 Å². The minimum absolute atomic E-state index is 0.320. The van der Waals surface area contributed by atoms with Crippen molar-refractivity contribution in [1.82, 2.24) is 0 Å². The van der Waals surface area contributed by atoms with Crippen molar-refractivity contribution >= 4 is 17.6 Å². The molecule has 1 atom stereocenters. The lowest BCUT2D eigenvalue weighted by Crippen LogP contribution is -2.23. The van der Waals surface area contributed by atoms with E-state index in [0.29, 0.717) is 23.2 Å². The molecule has 1 N–H and O–H groups in total. The van der Waals surface area contributed by atoms with Gasteiger partial charge in [-0.3, -0.25) is 4.79 Å². The smallest absolute Gasteiger partial charge is 0.339 e. The Balaban J connectivity index is 1.58. The summed E-state index contributed by atoms with van der Waals surface area (Å²) < 4.78 is 18.5. The minimum atomic E-state index is -0.393. The molecule has 0 saturated heterocycles. The largest absolute Gasteiger partial charge is 0.454 e. The Morgan fingerprint density at radius 3 is 2.48 bits per heavy atom. The van der Waals surface area contributed by atoms with Crippen LogP contribution in [0.5, 0.6) is 0 Å². The van der Waals surface area contributed by atoms with Gasteiger partial charge in [0, 0.05) is 17.7 Å². The maximum atomic E-state index is 13.0. The summed E-state index contributed by atoms with van der Waals surface area (Å²) in [7, 11) is 0. The molecule has 3 aromatic carbocycles. The van der Waals surface area contributed by atoms with Crippen molar-refractivity contribution in [2.45, 2.75) is 12.5 Å². The Hall–Kier alpha value is -3.47. The first-order valence-electron chi connectivity index (χ1n) is 8.56. The third kappa shape index (κ3) is 3.58. The molecular formula is C22H16FNO3. The second kappa shape index (κ2) is 7.03. The van der Waals surface area contributed by atoms with E-state index in [0.717, 1.165) is 11.1 Å². The number of amides is 1. The molecule has 1 heterocycles. The van der Waals surface area contributed by atoms with Crippen LogP contribution in [0.1, 0.15) is 37.9 Å². The average molecular weight is 361 g/mol. The lowest BCUT2D eigenvalue weighted by Gasteiger charge is -2.25. The van der Waals surface area contributed by atoms with Gasteiger partial charge in [-0.2, -0.15) is 0 Å². The van der Waals surface area contributed by atoms with E-state index >= 15 is 0 Å². The summed E-state index contributed by atoms with van der Waals surface area (Å²) in [5.41, 5.74) is 3.09. The zero-order valence-corrected chi connectivity index (χ0v) is 14.3. The molecule has 3 aromatic rings. The zero-order valence-electron chi connectivity index (χ0n) is 14.3. The molecule has 1 unspecified atom stereocenters. The zero-order chi connectivity index (χ0) is 18.8. The van der Waals surface area contributed by atoms with E-state index in [1.807, 2.05) is 30.3 Å². The second-order valence-corrected chi connectivity index (χ2v) is 6.34. The van der Waals surface area contributed by atoms with Crippen molar-refractivity contribution in [3.8, 4) is 0 Å². The van der Waals surface area contributed by atoms with E-state index in [2.05, 4.69) is 5.32 Å². The van der Waals surface area contributed by atoms with Crippen LogP contribution >= 0.6 is 0 Å². The van der Waals surface area contributed by atoms with E-state index in [9.17, 15) is 14.0 Å². The maximum Gasteiger partial charge on any atom is 0.339 e. The van der Waals surface area contributed by atoms with Gasteiger partial charge in [0.15, 0.2) is 0 Å². The van der Waals surface area contributed by atoms with Crippen LogP contribution in [-0.2, 0) is 11.2 Å². The fourth-order valence-electron chi connectivity index (χ4n) is 3.13. The summed E-state index contributed by atoms with van der Waals surface area (Å²) in [6, 6.07) is 20.0. The molecule has 0 fully saturated rings. The number of rotatable bonds is 3. The number of nitrogens with one attached hydrogen (secondary N) is 1. The fraction of sp³-hybridized carbons (Fsp3) is 0.0909. The quantitative estimate of drug-likeness (QED) is 0.697. The van der Waals surface area contributed by atoms with Crippen molar-refractivity contribution in [1.29, 1.82) is 0 Å². The van der Waals surface area contributed by atoms with E-state index < -0.39 is 5.97 Å². The van der Waals surface area contributed by atoms with Crippen LogP contribution in [0.25, 0.3) is 0 Å². The molecule has 0 aromatic heterocycles. The first-order chi connectivity index (χ1) is 13.1.